The predicted molar refractivity (Wildman–Crippen MR) is 120 cm³/mol. The number of rotatable bonds is 3. The van der Waals surface area contributed by atoms with Crippen LogP contribution in [0, 0.1) is 0 Å². The van der Waals surface area contributed by atoms with Crippen LogP contribution in [0.25, 0.3) is 33.3 Å². The van der Waals surface area contributed by atoms with Gasteiger partial charge in [-0.1, -0.05) is 30.3 Å². The van der Waals surface area contributed by atoms with Gasteiger partial charge in [0.05, 0.1) is 33.5 Å². The predicted octanol–water partition coefficient (Wildman–Crippen LogP) is 4.51. The molecule has 3 aromatic heterocycles. The van der Waals surface area contributed by atoms with Crippen molar-refractivity contribution in [1.29, 1.82) is 0 Å². The summed E-state index contributed by atoms with van der Waals surface area (Å²) in [5.74, 6) is -0.985. The number of aromatic amines is 1. The second-order valence-corrected chi connectivity index (χ2v) is 7.78. The number of nitrogens with zero attached hydrogens (tertiary/aromatic N) is 4. The largest absolute Gasteiger partial charge is 0.478 e. The number of carbonyl (C=O) groups is 1. The van der Waals surface area contributed by atoms with Crippen LogP contribution in [0.15, 0.2) is 60.8 Å². The number of aromatic nitrogens is 4. The number of hydrogen-bond acceptors (Lipinski definition) is 4. The summed E-state index contributed by atoms with van der Waals surface area (Å²) in [5.41, 5.74) is 7.59. The molecule has 0 aliphatic carbocycles. The minimum absolute atomic E-state index is 0.200. The molecule has 0 bridgehead atoms. The maximum Gasteiger partial charge on any atom is 0.337 e. The Morgan fingerprint density at radius 2 is 1.94 bits per heavy atom. The van der Waals surface area contributed by atoms with E-state index < -0.39 is 5.97 Å². The molecule has 31 heavy (non-hydrogen) atoms. The van der Waals surface area contributed by atoms with Crippen LogP contribution in [0.1, 0.15) is 15.9 Å². The van der Waals surface area contributed by atoms with E-state index in [9.17, 15) is 9.90 Å². The molecule has 2 N–H and O–H groups in total. The summed E-state index contributed by atoms with van der Waals surface area (Å²) in [4.78, 5) is 21.5. The van der Waals surface area contributed by atoms with Crippen LogP contribution in [0.5, 0.6) is 0 Å². The molecule has 0 unspecified atom stereocenters. The van der Waals surface area contributed by atoms with Crippen molar-refractivity contribution < 1.29 is 9.90 Å². The second kappa shape index (κ2) is 6.43. The molecule has 152 valence electrons. The van der Waals surface area contributed by atoms with Gasteiger partial charge in [-0.2, -0.15) is 5.10 Å². The zero-order valence-corrected chi connectivity index (χ0v) is 16.8. The number of carboxylic acid groups (broad SMARTS) is 1. The first-order valence-corrected chi connectivity index (χ1v) is 10.1. The van der Waals surface area contributed by atoms with Crippen LogP contribution in [0.3, 0.4) is 0 Å². The van der Waals surface area contributed by atoms with E-state index in [4.69, 9.17) is 5.10 Å². The fourth-order valence-electron chi connectivity index (χ4n) is 4.65. The van der Waals surface area contributed by atoms with Gasteiger partial charge in [0.2, 0.25) is 0 Å². The van der Waals surface area contributed by atoms with Gasteiger partial charge in [0.15, 0.2) is 0 Å². The number of para-hydroxylation sites is 2. The van der Waals surface area contributed by atoms with E-state index in [1.807, 2.05) is 23.9 Å². The smallest absolute Gasteiger partial charge is 0.337 e. The Morgan fingerprint density at radius 3 is 2.81 bits per heavy atom. The summed E-state index contributed by atoms with van der Waals surface area (Å²) in [6.45, 7) is 0.928. The number of pyridine rings is 1. The molecular formula is C24H19N5O2. The first-order valence-electron chi connectivity index (χ1n) is 10.1. The average Bonchev–Trinajstić information content (AvgIpc) is 3.48. The van der Waals surface area contributed by atoms with E-state index in [0.717, 1.165) is 40.9 Å². The number of benzene rings is 2. The molecular weight excluding hydrogens is 390 g/mol. The van der Waals surface area contributed by atoms with Crippen molar-refractivity contribution in [1.82, 2.24) is 19.7 Å². The Balaban J connectivity index is 1.55. The highest BCUT2D eigenvalue weighted by Crippen LogP contribution is 2.40. The summed E-state index contributed by atoms with van der Waals surface area (Å²) in [5, 5.41) is 15.3. The van der Waals surface area contributed by atoms with Crippen molar-refractivity contribution in [2.75, 3.05) is 11.4 Å². The van der Waals surface area contributed by atoms with Crippen molar-refractivity contribution in [2.45, 2.75) is 6.42 Å². The second-order valence-electron chi connectivity index (χ2n) is 7.78. The lowest BCUT2D eigenvalue weighted by Crippen LogP contribution is -2.14. The molecule has 0 saturated carbocycles. The molecule has 1 aliphatic rings. The van der Waals surface area contributed by atoms with Crippen molar-refractivity contribution in [3.05, 3.63) is 71.9 Å². The van der Waals surface area contributed by atoms with E-state index in [0.29, 0.717) is 11.0 Å². The van der Waals surface area contributed by atoms with Gasteiger partial charge in [0.1, 0.15) is 5.69 Å². The highest BCUT2D eigenvalue weighted by Gasteiger charge is 2.24. The van der Waals surface area contributed by atoms with Gasteiger partial charge in [-0.3, -0.25) is 9.67 Å². The molecule has 4 heterocycles. The summed E-state index contributed by atoms with van der Waals surface area (Å²) < 4.78 is 1.90. The van der Waals surface area contributed by atoms with Gasteiger partial charge in [0, 0.05) is 30.9 Å². The van der Waals surface area contributed by atoms with E-state index in [-0.39, 0.29) is 5.56 Å². The average molecular weight is 409 g/mol. The number of anilines is 2. The zero-order chi connectivity index (χ0) is 21.1. The number of aromatic carboxylic acids is 1. The van der Waals surface area contributed by atoms with E-state index in [1.165, 1.54) is 23.5 Å². The molecule has 2 aromatic carbocycles. The number of aryl methyl sites for hydroxylation is 1. The van der Waals surface area contributed by atoms with E-state index in [2.05, 4.69) is 51.3 Å². The summed E-state index contributed by atoms with van der Waals surface area (Å²) in [6, 6.07) is 18.1. The lowest BCUT2D eigenvalue weighted by molar-refractivity contribution is 0.0698. The Labute approximate surface area is 177 Å². The van der Waals surface area contributed by atoms with Crippen LogP contribution >= 0.6 is 0 Å². The molecule has 1 aliphatic heterocycles. The molecule has 0 amide bonds. The van der Waals surface area contributed by atoms with Crippen LogP contribution in [0.4, 0.5) is 11.4 Å². The molecule has 5 aromatic rings. The van der Waals surface area contributed by atoms with Crippen molar-refractivity contribution in [2.24, 2.45) is 7.05 Å². The number of hydrogen-bond donors (Lipinski definition) is 2. The zero-order valence-electron chi connectivity index (χ0n) is 16.8. The van der Waals surface area contributed by atoms with Gasteiger partial charge in [-0.15, -0.1) is 0 Å². The third-order valence-corrected chi connectivity index (χ3v) is 6.03. The highest BCUT2D eigenvalue weighted by molar-refractivity contribution is 6.05. The summed E-state index contributed by atoms with van der Waals surface area (Å²) >= 11 is 0. The van der Waals surface area contributed by atoms with Crippen molar-refractivity contribution in [3.8, 4) is 11.4 Å². The van der Waals surface area contributed by atoms with Gasteiger partial charge in [-0.05, 0) is 36.2 Å². The molecule has 7 nitrogen and oxygen atoms in total. The number of H-pyrrole nitrogens is 1. The maximum atomic E-state index is 11.6. The van der Waals surface area contributed by atoms with Gasteiger partial charge in [0.25, 0.3) is 0 Å². The minimum Gasteiger partial charge on any atom is -0.478 e. The lowest BCUT2D eigenvalue weighted by Gasteiger charge is -2.21. The lowest BCUT2D eigenvalue weighted by atomic mass is 10.1. The Kier molecular flexibility index (Phi) is 3.67. The molecule has 0 fully saturated rings. The van der Waals surface area contributed by atoms with Crippen molar-refractivity contribution in [3.63, 3.8) is 0 Å². The van der Waals surface area contributed by atoms with E-state index >= 15 is 0 Å². The van der Waals surface area contributed by atoms with Gasteiger partial charge in [-0.25, -0.2) is 4.79 Å². The Bertz CT molecular complexity index is 1500. The third kappa shape index (κ3) is 2.56. The van der Waals surface area contributed by atoms with Crippen LogP contribution in [-0.2, 0) is 13.5 Å². The Morgan fingerprint density at radius 1 is 1.10 bits per heavy atom. The monoisotopic (exact) mass is 409 g/mol. The SMILES string of the molecule is Cn1nc(-c2cc3nccc(C(=O)O)c3[nH]2)c2cccc(N3CCc4ccccc43)c21. The fourth-order valence-corrected chi connectivity index (χ4v) is 4.65. The number of fused-ring (bicyclic) bond motifs is 3. The van der Waals surface area contributed by atoms with Crippen molar-refractivity contribution >= 4 is 39.3 Å². The summed E-state index contributed by atoms with van der Waals surface area (Å²) in [7, 11) is 1.95. The fraction of sp³-hybridized carbons (Fsp3) is 0.125. The normalized spacial score (nSPS) is 13.3. The topological polar surface area (TPSA) is 87.0 Å². The first-order chi connectivity index (χ1) is 15.1. The standard InChI is InChI=1S/C24H19N5O2/c1-28-23-15(6-4-8-20(23)29-12-10-14-5-2-3-7-19(14)29)22(27-28)18-13-17-21(26-18)16(24(30)31)9-11-25-17/h2-9,11,13,26H,10,12H2,1H3,(H,30,31). The molecule has 0 atom stereocenters. The Hall–Kier alpha value is -4.13. The quantitative estimate of drug-likeness (QED) is 0.458. The molecule has 0 radical (unpaired) electrons. The molecule has 6 rings (SSSR count). The molecule has 7 heteroatoms. The number of carboxylic acids is 1. The highest BCUT2D eigenvalue weighted by atomic mass is 16.4. The third-order valence-electron chi connectivity index (χ3n) is 6.03. The van der Waals surface area contributed by atoms with Crippen LogP contribution in [-0.4, -0.2) is 37.4 Å². The molecule has 0 saturated heterocycles. The molecule has 0 spiro atoms. The first kappa shape index (κ1) is 17.7. The van der Waals surface area contributed by atoms with Gasteiger partial charge < -0.3 is 15.0 Å². The van der Waals surface area contributed by atoms with E-state index in [1.54, 1.807) is 0 Å². The van der Waals surface area contributed by atoms with Gasteiger partial charge >= 0.3 is 5.97 Å². The maximum absolute atomic E-state index is 11.6. The van der Waals surface area contributed by atoms with Crippen LogP contribution < -0.4 is 4.90 Å². The summed E-state index contributed by atoms with van der Waals surface area (Å²) in [6.07, 6.45) is 2.53. The minimum atomic E-state index is -0.985. The number of nitrogens with one attached hydrogen (secondary N) is 1. The van der Waals surface area contributed by atoms with Crippen LogP contribution in [0.2, 0.25) is 0 Å².